The van der Waals surface area contributed by atoms with Crippen molar-refractivity contribution in [1.82, 2.24) is 0 Å². The van der Waals surface area contributed by atoms with Gasteiger partial charge in [0.2, 0.25) is 5.91 Å². The van der Waals surface area contributed by atoms with Crippen LogP contribution in [0.25, 0.3) is 0 Å². The maximum absolute atomic E-state index is 12.4. The van der Waals surface area contributed by atoms with E-state index in [4.69, 9.17) is 15.2 Å². The standard InChI is InChI=1S/C19H28N2O3/c20-12-15-2-1-3-18(15)19(22)21-16-4-6-17(7-5-16)24-13-14-8-10-23-11-9-14/h4-7,14-15,18H,1-3,8-13,20H2,(H,21,22)/t15-,18-/m1/s1. The lowest BCUT2D eigenvalue weighted by atomic mass is 9.95. The molecular formula is C19H28N2O3. The SMILES string of the molecule is NC[C@H]1CCC[C@H]1C(=O)Nc1ccc(OCC2CCOCC2)cc1. The number of rotatable bonds is 6. The highest BCUT2D eigenvalue weighted by molar-refractivity contribution is 5.93. The van der Waals surface area contributed by atoms with E-state index in [1.807, 2.05) is 24.3 Å². The number of amides is 1. The van der Waals surface area contributed by atoms with Gasteiger partial charge in [-0.2, -0.15) is 0 Å². The van der Waals surface area contributed by atoms with Crippen molar-refractivity contribution in [2.75, 3.05) is 31.7 Å². The third-order valence-corrected chi connectivity index (χ3v) is 5.25. The van der Waals surface area contributed by atoms with Crippen LogP contribution in [0.1, 0.15) is 32.1 Å². The molecule has 0 bridgehead atoms. The average molecular weight is 332 g/mol. The van der Waals surface area contributed by atoms with Gasteiger partial charge in [0, 0.05) is 24.8 Å². The minimum absolute atomic E-state index is 0.0550. The third-order valence-electron chi connectivity index (χ3n) is 5.25. The molecule has 132 valence electrons. The molecule has 2 fully saturated rings. The van der Waals surface area contributed by atoms with Gasteiger partial charge in [-0.15, -0.1) is 0 Å². The first-order valence-corrected chi connectivity index (χ1v) is 9.08. The van der Waals surface area contributed by atoms with Crippen LogP contribution in [0.5, 0.6) is 5.75 Å². The van der Waals surface area contributed by atoms with Crippen molar-refractivity contribution < 1.29 is 14.3 Å². The predicted molar refractivity (Wildman–Crippen MR) is 94.0 cm³/mol. The van der Waals surface area contributed by atoms with Crippen LogP contribution in [-0.4, -0.2) is 32.3 Å². The van der Waals surface area contributed by atoms with Crippen molar-refractivity contribution in [3.05, 3.63) is 24.3 Å². The number of nitrogens with one attached hydrogen (secondary N) is 1. The van der Waals surface area contributed by atoms with Crippen LogP contribution in [-0.2, 0) is 9.53 Å². The maximum atomic E-state index is 12.4. The molecule has 0 aromatic heterocycles. The molecule has 3 rings (SSSR count). The Labute approximate surface area is 143 Å². The van der Waals surface area contributed by atoms with E-state index in [1.165, 1.54) is 0 Å². The summed E-state index contributed by atoms with van der Waals surface area (Å²) < 4.78 is 11.2. The van der Waals surface area contributed by atoms with E-state index in [0.29, 0.717) is 18.4 Å². The van der Waals surface area contributed by atoms with Gasteiger partial charge in [-0.1, -0.05) is 6.42 Å². The zero-order valence-corrected chi connectivity index (χ0v) is 14.2. The molecule has 1 heterocycles. The van der Waals surface area contributed by atoms with Crippen LogP contribution in [0, 0.1) is 17.8 Å². The lowest BCUT2D eigenvalue weighted by molar-refractivity contribution is -0.120. The summed E-state index contributed by atoms with van der Waals surface area (Å²) >= 11 is 0. The summed E-state index contributed by atoms with van der Waals surface area (Å²) in [6.07, 6.45) is 5.24. The second-order valence-electron chi connectivity index (χ2n) is 6.91. The highest BCUT2D eigenvalue weighted by Gasteiger charge is 2.31. The number of nitrogens with two attached hydrogens (primary N) is 1. The molecule has 1 saturated heterocycles. The lowest BCUT2D eigenvalue weighted by Crippen LogP contribution is -2.29. The number of ether oxygens (including phenoxy) is 2. The van der Waals surface area contributed by atoms with Crippen LogP contribution in [0.15, 0.2) is 24.3 Å². The molecule has 2 atom stereocenters. The normalized spacial score (nSPS) is 24.7. The minimum atomic E-state index is 0.0550. The summed E-state index contributed by atoms with van der Waals surface area (Å²) in [6, 6.07) is 7.65. The first-order valence-electron chi connectivity index (χ1n) is 9.08. The van der Waals surface area contributed by atoms with Gasteiger partial charge in [0.05, 0.1) is 6.61 Å². The number of hydrogen-bond acceptors (Lipinski definition) is 4. The summed E-state index contributed by atoms with van der Waals surface area (Å²) in [6.45, 7) is 3.00. The van der Waals surface area contributed by atoms with Crippen molar-refractivity contribution in [3.8, 4) is 5.75 Å². The summed E-state index contributed by atoms with van der Waals surface area (Å²) in [7, 11) is 0. The van der Waals surface area contributed by atoms with Gasteiger partial charge in [0.15, 0.2) is 0 Å². The van der Waals surface area contributed by atoms with Gasteiger partial charge in [0.1, 0.15) is 5.75 Å². The Balaban J connectivity index is 1.48. The van der Waals surface area contributed by atoms with E-state index in [2.05, 4.69) is 5.32 Å². The molecule has 2 aliphatic rings. The Morgan fingerprint density at radius 2 is 1.92 bits per heavy atom. The molecule has 1 aromatic rings. The number of benzene rings is 1. The van der Waals surface area contributed by atoms with E-state index >= 15 is 0 Å². The zero-order valence-electron chi connectivity index (χ0n) is 14.2. The number of hydrogen-bond donors (Lipinski definition) is 2. The topological polar surface area (TPSA) is 73.6 Å². The summed E-state index contributed by atoms with van der Waals surface area (Å²) in [5, 5.41) is 3.01. The van der Waals surface area contributed by atoms with Crippen molar-refractivity contribution in [1.29, 1.82) is 0 Å². The Hall–Kier alpha value is -1.59. The average Bonchev–Trinajstić information content (AvgIpc) is 3.11. The summed E-state index contributed by atoms with van der Waals surface area (Å²) in [4.78, 5) is 12.4. The van der Waals surface area contributed by atoms with E-state index in [9.17, 15) is 4.79 Å². The Bertz CT molecular complexity index is 526. The van der Waals surface area contributed by atoms with Crippen molar-refractivity contribution in [2.45, 2.75) is 32.1 Å². The predicted octanol–water partition coefficient (Wildman–Crippen LogP) is 2.81. The molecule has 24 heavy (non-hydrogen) atoms. The Kier molecular flexibility index (Phi) is 6.10. The molecular weight excluding hydrogens is 304 g/mol. The number of carbonyl (C=O) groups excluding carboxylic acids is 1. The summed E-state index contributed by atoms with van der Waals surface area (Å²) in [5.74, 6) is 1.90. The second-order valence-corrected chi connectivity index (χ2v) is 6.91. The molecule has 5 nitrogen and oxygen atoms in total. The zero-order chi connectivity index (χ0) is 16.8. The monoisotopic (exact) mass is 332 g/mol. The van der Waals surface area contributed by atoms with Crippen LogP contribution in [0.4, 0.5) is 5.69 Å². The fraction of sp³-hybridized carbons (Fsp3) is 0.632. The molecule has 3 N–H and O–H groups in total. The van der Waals surface area contributed by atoms with Crippen molar-refractivity contribution in [2.24, 2.45) is 23.5 Å². The van der Waals surface area contributed by atoms with Crippen LogP contribution < -0.4 is 15.8 Å². The first kappa shape index (κ1) is 17.2. The highest BCUT2D eigenvalue weighted by Crippen LogP contribution is 2.32. The van der Waals surface area contributed by atoms with E-state index in [0.717, 1.165) is 63.4 Å². The molecule has 0 radical (unpaired) electrons. The van der Waals surface area contributed by atoms with Gasteiger partial charge < -0.3 is 20.5 Å². The largest absolute Gasteiger partial charge is 0.493 e. The third kappa shape index (κ3) is 4.48. The van der Waals surface area contributed by atoms with Crippen LogP contribution in [0.3, 0.4) is 0 Å². The molecule has 1 saturated carbocycles. The van der Waals surface area contributed by atoms with Crippen LogP contribution >= 0.6 is 0 Å². The molecule has 0 unspecified atom stereocenters. The number of carbonyl (C=O) groups is 1. The molecule has 0 spiro atoms. The number of anilines is 1. The van der Waals surface area contributed by atoms with Gasteiger partial charge >= 0.3 is 0 Å². The first-order chi connectivity index (χ1) is 11.8. The molecule has 1 aliphatic carbocycles. The van der Waals surface area contributed by atoms with E-state index in [-0.39, 0.29) is 11.8 Å². The molecule has 5 heteroatoms. The van der Waals surface area contributed by atoms with Crippen LogP contribution in [0.2, 0.25) is 0 Å². The molecule has 1 aromatic carbocycles. The van der Waals surface area contributed by atoms with Gasteiger partial charge in [0.25, 0.3) is 0 Å². The quantitative estimate of drug-likeness (QED) is 0.840. The fourth-order valence-electron chi connectivity index (χ4n) is 3.66. The maximum Gasteiger partial charge on any atom is 0.227 e. The Morgan fingerprint density at radius 1 is 1.17 bits per heavy atom. The summed E-state index contributed by atoms with van der Waals surface area (Å²) in [5.41, 5.74) is 6.59. The Morgan fingerprint density at radius 3 is 2.62 bits per heavy atom. The van der Waals surface area contributed by atoms with Crippen molar-refractivity contribution in [3.63, 3.8) is 0 Å². The smallest absolute Gasteiger partial charge is 0.227 e. The lowest BCUT2D eigenvalue weighted by Gasteiger charge is -2.22. The van der Waals surface area contributed by atoms with E-state index < -0.39 is 0 Å². The molecule has 1 aliphatic heterocycles. The van der Waals surface area contributed by atoms with Gasteiger partial charge in [-0.05, 0) is 68.3 Å². The van der Waals surface area contributed by atoms with Crippen molar-refractivity contribution >= 4 is 11.6 Å². The van der Waals surface area contributed by atoms with E-state index in [1.54, 1.807) is 0 Å². The molecule has 1 amide bonds. The minimum Gasteiger partial charge on any atom is -0.493 e. The second kappa shape index (κ2) is 8.49. The van der Waals surface area contributed by atoms with Gasteiger partial charge in [-0.3, -0.25) is 4.79 Å². The van der Waals surface area contributed by atoms with Gasteiger partial charge in [-0.25, -0.2) is 0 Å². The highest BCUT2D eigenvalue weighted by atomic mass is 16.5. The fourth-order valence-corrected chi connectivity index (χ4v) is 3.66.